The van der Waals surface area contributed by atoms with Crippen LogP contribution in [-0.4, -0.2) is 112 Å². The zero-order valence-corrected chi connectivity index (χ0v) is 27.9. The Kier molecular flexibility index (Phi) is 13.4. The van der Waals surface area contributed by atoms with E-state index in [1.165, 1.54) is 17.7 Å². The van der Waals surface area contributed by atoms with Crippen molar-refractivity contribution in [2.24, 2.45) is 20.9 Å². The van der Waals surface area contributed by atoms with E-state index in [0.717, 1.165) is 6.54 Å². The van der Waals surface area contributed by atoms with Gasteiger partial charge in [0.25, 0.3) is 6.47 Å². The number of aliphatic imine (C=N–C) groups is 3. The third-order valence-corrected chi connectivity index (χ3v) is 6.40. The maximum absolute atomic E-state index is 12.3. The normalized spacial score (nSPS) is 15.9. The zero-order valence-electron chi connectivity index (χ0n) is 27.9. The Hall–Kier alpha value is -3.87. The van der Waals surface area contributed by atoms with Crippen molar-refractivity contribution in [3.05, 3.63) is 11.5 Å². The van der Waals surface area contributed by atoms with Gasteiger partial charge in [-0.2, -0.15) is 0 Å². The molecule has 0 bridgehead atoms. The van der Waals surface area contributed by atoms with Gasteiger partial charge in [-0.15, -0.1) is 0 Å². The molecule has 1 aliphatic carbocycles. The van der Waals surface area contributed by atoms with Crippen LogP contribution in [0.2, 0.25) is 0 Å². The van der Waals surface area contributed by atoms with Gasteiger partial charge in [0, 0.05) is 45.6 Å². The maximum atomic E-state index is 12.3. The van der Waals surface area contributed by atoms with Gasteiger partial charge in [0.15, 0.2) is 17.5 Å². The second kappa shape index (κ2) is 16.3. The van der Waals surface area contributed by atoms with Crippen molar-refractivity contribution in [1.29, 1.82) is 0 Å². The second-order valence-corrected chi connectivity index (χ2v) is 12.7. The number of amides is 1. The number of hydrogen-bond donors (Lipinski definition) is 0. The van der Waals surface area contributed by atoms with Crippen LogP contribution in [0.15, 0.2) is 20.7 Å². The molecule has 2 aliphatic rings. The summed E-state index contributed by atoms with van der Waals surface area (Å²) in [6.07, 6.45) is 3.62. The molecule has 0 unspecified atom stereocenters. The van der Waals surface area contributed by atoms with Crippen molar-refractivity contribution in [3.63, 3.8) is 0 Å². The number of aromatic nitrogens is 2. The van der Waals surface area contributed by atoms with Gasteiger partial charge in [-0.1, -0.05) is 0 Å². The molecule has 0 spiro atoms. The molecule has 2 heterocycles. The molecule has 44 heavy (non-hydrogen) atoms. The number of carbonyl (C=O) groups excluding carboxylic acids is 2. The molecular formula is C31H50N8O5. The van der Waals surface area contributed by atoms with Crippen LogP contribution in [0.3, 0.4) is 0 Å². The summed E-state index contributed by atoms with van der Waals surface area (Å²) in [5.41, 5.74) is 0.975. The van der Waals surface area contributed by atoms with Crippen molar-refractivity contribution >= 4 is 55.1 Å². The van der Waals surface area contributed by atoms with E-state index < -0.39 is 11.7 Å². The molecule has 3 rings (SSSR count). The van der Waals surface area contributed by atoms with Crippen molar-refractivity contribution < 1.29 is 23.8 Å². The Labute approximate surface area is 262 Å². The molecule has 1 saturated heterocycles. The smallest absolute Gasteiger partial charge is 0.411 e. The van der Waals surface area contributed by atoms with Crippen LogP contribution >= 0.6 is 0 Å². The summed E-state index contributed by atoms with van der Waals surface area (Å²) in [7, 11) is 3.66. The van der Waals surface area contributed by atoms with E-state index in [0.29, 0.717) is 73.1 Å². The first-order chi connectivity index (χ1) is 20.6. The van der Waals surface area contributed by atoms with Crippen LogP contribution < -0.4 is 9.80 Å². The quantitative estimate of drug-likeness (QED) is 0.255. The predicted octanol–water partition coefficient (Wildman–Crippen LogP) is 4.78. The van der Waals surface area contributed by atoms with Crippen molar-refractivity contribution in [3.8, 4) is 0 Å². The van der Waals surface area contributed by atoms with Gasteiger partial charge >= 0.3 is 6.09 Å². The minimum Gasteiger partial charge on any atom is -0.462 e. The molecule has 1 aromatic rings. The molecule has 0 N–H and O–H groups in total. The van der Waals surface area contributed by atoms with Crippen molar-refractivity contribution in [1.82, 2.24) is 14.9 Å². The van der Waals surface area contributed by atoms with Gasteiger partial charge in [-0.25, -0.2) is 14.8 Å². The van der Waals surface area contributed by atoms with Gasteiger partial charge in [-0.05, 0) is 80.7 Å². The third kappa shape index (κ3) is 12.0. The molecule has 244 valence electrons. The molecule has 0 atom stereocenters. The predicted molar refractivity (Wildman–Crippen MR) is 177 cm³/mol. The van der Waals surface area contributed by atoms with E-state index >= 15 is 0 Å². The van der Waals surface area contributed by atoms with Gasteiger partial charge < -0.3 is 24.0 Å². The molecule has 1 saturated carbocycles. The van der Waals surface area contributed by atoms with E-state index in [1.54, 1.807) is 13.3 Å². The van der Waals surface area contributed by atoms with Gasteiger partial charge in [0.1, 0.15) is 23.6 Å². The lowest BCUT2D eigenvalue weighted by Gasteiger charge is -2.30. The summed E-state index contributed by atoms with van der Waals surface area (Å²) < 4.78 is 15.5. The van der Waals surface area contributed by atoms with E-state index in [-0.39, 0.29) is 12.3 Å². The molecule has 1 aliphatic heterocycles. The highest BCUT2D eigenvalue weighted by Gasteiger charge is 2.28. The molecule has 13 nitrogen and oxygen atoms in total. The largest absolute Gasteiger partial charge is 0.462 e. The molecular weight excluding hydrogens is 564 g/mol. The molecule has 0 aromatic carbocycles. The zero-order chi connectivity index (χ0) is 33.1. The molecule has 0 radical (unpaired) electrons. The number of anilines is 2. The number of rotatable bonds is 11. The summed E-state index contributed by atoms with van der Waals surface area (Å²) in [4.78, 5) is 50.4. The summed E-state index contributed by atoms with van der Waals surface area (Å²) in [6.45, 7) is 24.3. The van der Waals surface area contributed by atoms with Crippen LogP contribution in [-0.2, 0) is 19.0 Å². The lowest BCUT2D eigenvalue weighted by atomic mass is 10.2. The monoisotopic (exact) mass is 614 g/mol. The molecule has 1 aromatic heterocycles. The van der Waals surface area contributed by atoms with E-state index in [1.807, 2.05) is 55.5 Å². The van der Waals surface area contributed by atoms with Gasteiger partial charge in [0.05, 0.1) is 18.8 Å². The summed E-state index contributed by atoms with van der Waals surface area (Å²) in [5, 5.41) is 0. The summed E-state index contributed by atoms with van der Waals surface area (Å²) >= 11 is 0. The Morgan fingerprint density at radius 2 is 1.73 bits per heavy atom. The van der Waals surface area contributed by atoms with E-state index in [4.69, 9.17) is 19.4 Å². The van der Waals surface area contributed by atoms with Crippen LogP contribution in [0.5, 0.6) is 0 Å². The first-order valence-corrected chi connectivity index (χ1v) is 14.8. The Balaban J connectivity index is 0.000000860. The lowest BCUT2D eigenvalue weighted by molar-refractivity contribution is -0.138. The van der Waals surface area contributed by atoms with Gasteiger partial charge in [0.2, 0.25) is 0 Å². The molecule has 13 heteroatoms. The summed E-state index contributed by atoms with van der Waals surface area (Å²) in [6, 6.07) is 0. The van der Waals surface area contributed by atoms with Crippen LogP contribution in [0.25, 0.3) is 5.57 Å². The Morgan fingerprint density at radius 3 is 2.20 bits per heavy atom. The van der Waals surface area contributed by atoms with Crippen LogP contribution in [0.4, 0.5) is 22.1 Å². The fraction of sp³-hybridized carbons (Fsp3) is 0.645. The SMILES string of the molecule is C=N/C(C)=C(\C=N/CN(C)C(=O)OC(C)(C)C)c1nc(N(C)CC2CC2)c(N=C)c(N2CCOCC2)n1.CC(C)(C)OC=O. The lowest BCUT2D eigenvalue weighted by Crippen LogP contribution is -2.37. The van der Waals surface area contributed by atoms with Crippen molar-refractivity contribution in [2.75, 3.05) is 63.4 Å². The minimum atomic E-state index is -0.586. The van der Waals surface area contributed by atoms with Crippen LogP contribution in [0, 0.1) is 5.92 Å². The van der Waals surface area contributed by atoms with E-state index in [2.05, 4.69) is 42.9 Å². The molecule has 2 fully saturated rings. The second-order valence-electron chi connectivity index (χ2n) is 12.7. The number of nitrogens with zero attached hydrogens (tertiary/aromatic N) is 8. The molecule has 1 amide bonds. The fourth-order valence-corrected chi connectivity index (χ4v) is 3.92. The van der Waals surface area contributed by atoms with Gasteiger partial charge in [-0.3, -0.25) is 24.7 Å². The Morgan fingerprint density at radius 1 is 1.09 bits per heavy atom. The highest BCUT2D eigenvalue weighted by atomic mass is 16.6. The maximum Gasteiger partial charge on any atom is 0.411 e. The number of morpholine rings is 1. The average molecular weight is 615 g/mol. The third-order valence-electron chi connectivity index (χ3n) is 6.40. The minimum absolute atomic E-state index is 0.0971. The Bertz CT molecular complexity index is 1210. The number of allylic oxidation sites excluding steroid dienone is 2. The topological polar surface area (TPSA) is 134 Å². The fourth-order valence-electron chi connectivity index (χ4n) is 3.92. The van der Waals surface area contributed by atoms with Crippen molar-refractivity contribution in [2.45, 2.75) is 72.5 Å². The standard InChI is InChI=1S/C26H40N8O3.C5H10O2/c1-18(27-5)20(15-29-17-33(8)25(35)37-26(2,3)4)22-30-23(32(7)16-19-9-10-19)21(28-6)24(31-22)34-11-13-36-14-12-34;1-5(2,3)7-4-6/h15,19H,5-6,9-14,16-17H2,1-4,7-8H3;4H,1-3H3/b20-18+,29-15-;. The highest BCUT2D eigenvalue weighted by molar-refractivity contribution is 6.10. The van der Waals surface area contributed by atoms with Crippen LogP contribution in [0.1, 0.15) is 67.1 Å². The number of carbonyl (C=O) groups is 2. The average Bonchev–Trinajstić information content (AvgIpc) is 3.77. The first-order valence-electron chi connectivity index (χ1n) is 14.8. The summed E-state index contributed by atoms with van der Waals surface area (Å²) in [5.74, 6) is 2.53. The number of hydrogen-bond acceptors (Lipinski definition) is 12. The van der Waals surface area contributed by atoms with E-state index in [9.17, 15) is 9.59 Å². The highest BCUT2D eigenvalue weighted by Crippen LogP contribution is 2.39. The number of ether oxygens (including phenoxy) is 3. The first kappa shape index (κ1) is 36.3.